The second-order valence-corrected chi connectivity index (χ2v) is 3.58. The zero-order valence-corrected chi connectivity index (χ0v) is 9.55. The van der Waals surface area contributed by atoms with Gasteiger partial charge in [0.25, 0.3) is 11.2 Å². The minimum atomic E-state index is -0.605. The van der Waals surface area contributed by atoms with Gasteiger partial charge in [0.05, 0.1) is 17.7 Å². The molecule has 2 aromatic heterocycles. The zero-order valence-electron chi connectivity index (χ0n) is 9.55. The highest BCUT2D eigenvalue weighted by atomic mass is 16.6. The maximum absolute atomic E-state index is 11.6. The van der Waals surface area contributed by atoms with E-state index in [-0.39, 0.29) is 30.0 Å². The summed E-state index contributed by atoms with van der Waals surface area (Å²) in [6.07, 6.45) is 1.10. The summed E-state index contributed by atoms with van der Waals surface area (Å²) in [5, 5.41) is 10.6. The average Bonchev–Trinajstić information content (AvgIpc) is 2.30. The Bertz CT molecular complexity index is 676. The van der Waals surface area contributed by atoms with Gasteiger partial charge in [-0.3, -0.25) is 14.9 Å². The van der Waals surface area contributed by atoms with E-state index in [0.717, 1.165) is 22.9 Å². The smallest absolute Gasteiger partial charge is 0.285 e. The monoisotopic (exact) mass is 263 g/mol. The number of aromatic nitrogens is 4. The van der Waals surface area contributed by atoms with E-state index in [1.807, 2.05) is 0 Å². The summed E-state index contributed by atoms with van der Waals surface area (Å²) in [6, 6.07) is 2.21. The van der Waals surface area contributed by atoms with Gasteiger partial charge < -0.3 is 16.0 Å². The molecule has 0 aliphatic heterocycles. The number of hydrogen-bond donors (Lipinski definition) is 2. The summed E-state index contributed by atoms with van der Waals surface area (Å²) >= 11 is 0. The van der Waals surface area contributed by atoms with Crippen LogP contribution in [0, 0.1) is 10.1 Å². The summed E-state index contributed by atoms with van der Waals surface area (Å²) in [4.78, 5) is 32.8. The van der Waals surface area contributed by atoms with Crippen molar-refractivity contribution < 1.29 is 4.92 Å². The van der Waals surface area contributed by atoms with Crippen LogP contribution in [0.4, 0.5) is 17.6 Å². The molecule has 10 nitrogen and oxygen atoms in total. The number of hydrogen-bond acceptors (Lipinski definition) is 8. The van der Waals surface area contributed by atoms with Crippen molar-refractivity contribution in [1.82, 2.24) is 19.5 Å². The fourth-order valence-corrected chi connectivity index (χ4v) is 1.43. The van der Waals surface area contributed by atoms with Crippen LogP contribution < -0.4 is 17.0 Å². The third-order valence-corrected chi connectivity index (χ3v) is 2.21. The molecule has 0 saturated carbocycles. The maximum Gasteiger partial charge on any atom is 0.285 e. The summed E-state index contributed by atoms with van der Waals surface area (Å²) in [7, 11) is 0. The number of pyridine rings is 1. The highest BCUT2D eigenvalue weighted by molar-refractivity contribution is 5.27. The molecule has 0 atom stereocenters. The molecular formula is C9H9N7O3. The summed E-state index contributed by atoms with van der Waals surface area (Å²) in [5.74, 6) is -0.0189. The van der Waals surface area contributed by atoms with Crippen LogP contribution in [-0.4, -0.2) is 24.4 Å². The molecule has 98 valence electrons. The van der Waals surface area contributed by atoms with Crippen LogP contribution in [-0.2, 0) is 6.54 Å². The normalized spacial score (nSPS) is 10.3. The average molecular weight is 263 g/mol. The third kappa shape index (κ3) is 2.80. The maximum atomic E-state index is 11.6. The molecule has 0 radical (unpaired) electrons. The van der Waals surface area contributed by atoms with Crippen molar-refractivity contribution in [2.75, 3.05) is 11.5 Å². The molecule has 0 bridgehead atoms. The molecule has 0 aliphatic carbocycles. The molecule has 0 spiro atoms. The SMILES string of the molecule is Nc1nc(N)nc(Cn2cc([N+](=O)[O-])ccc2=O)n1. The van der Waals surface area contributed by atoms with E-state index < -0.39 is 10.5 Å². The lowest BCUT2D eigenvalue weighted by Gasteiger charge is -2.05. The van der Waals surface area contributed by atoms with Crippen molar-refractivity contribution >= 4 is 17.6 Å². The summed E-state index contributed by atoms with van der Waals surface area (Å²) in [5.41, 5.74) is 10.1. The molecule has 2 aromatic rings. The van der Waals surface area contributed by atoms with Crippen LogP contribution in [0.3, 0.4) is 0 Å². The molecular weight excluding hydrogens is 254 g/mol. The molecule has 0 saturated heterocycles. The first-order chi connectivity index (χ1) is 8.95. The van der Waals surface area contributed by atoms with Gasteiger partial charge >= 0.3 is 0 Å². The van der Waals surface area contributed by atoms with Crippen LogP contribution in [0.15, 0.2) is 23.1 Å². The fraction of sp³-hybridized carbons (Fsp3) is 0.111. The van der Waals surface area contributed by atoms with Gasteiger partial charge in [0.15, 0.2) is 5.82 Å². The second-order valence-electron chi connectivity index (χ2n) is 3.58. The van der Waals surface area contributed by atoms with E-state index in [1.165, 1.54) is 0 Å². The Morgan fingerprint density at radius 2 is 1.84 bits per heavy atom. The minimum Gasteiger partial charge on any atom is -0.368 e. The predicted molar refractivity (Wildman–Crippen MR) is 65.1 cm³/mol. The molecule has 0 unspecified atom stereocenters. The molecule has 0 fully saturated rings. The van der Waals surface area contributed by atoms with Gasteiger partial charge in [-0.15, -0.1) is 0 Å². The van der Waals surface area contributed by atoms with Gasteiger partial charge in [0, 0.05) is 12.1 Å². The van der Waals surface area contributed by atoms with Gasteiger partial charge in [-0.05, 0) is 0 Å². The number of anilines is 2. The number of nitrogens with two attached hydrogens (primary N) is 2. The molecule has 2 heterocycles. The fourth-order valence-electron chi connectivity index (χ4n) is 1.43. The first-order valence-corrected chi connectivity index (χ1v) is 5.06. The van der Waals surface area contributed by atoms with Crippen molar-refractivity contribution in [2.24, 2.45) is 0 Å². The largest absolute Gasteiger partial charge is 0.368 e. The van der Waals surface area contributed by atoms with E-state index in [2.05, 4.69) is 15.0 Å². The van der Waals surface area contributed by atoms with Crippen LogP contribution in [0.1, 0.15) is 5.82 Å². The zero-order chi connectivity index (χ0) is 14.0. The van der Waals surface area contributed by atoms with E-state index in [9.17, 15) is 14.9 Å². The Morgan fingerprint density at radius 1 is 1.21 bits per heavy atom. The standard InChI is InChI=1S/C9H9N7O3/c10-8-12-6(13-9(11)14-8)4-15-3-5(16(18)19)1-2-7(15)17/h1-3H,4H2,(H4,10,11,12,13,14). The molecule has 0 amide bonds. The second kappa shape index (κ2) is 4.68. The molecule has 0 aliphatic rings. The summed E-state index contributed by atoms with van der Waals surface area (Å²) in [6.45, 7) is -0.0859. The van der Waals surface area contributed by atoms with Crippen molar-refractivity contribution in [3.8, 4) is 0 Å². The lowest BCUT2D eigenvalue weighted by atomic mass is 10.4. The van der Waals surface area contributed by atoms with Crippen LogP contribution >= 0.6 is 0 Å². The minimum absolute atomic E-state index is 0.0824. The predicted octanol–water partition coefficient (Wildman–Crippen LogP) is -0.846. The van der Waals surface area contributed by atoms with Crippen molar-refractivity contribution in [2.45, 2.75) is 6.54 Å². The Morgan fingerprint density at radius 3 is 2.42 bits per heavy atom. The van der Waals surface area contributed by atoms with Crippen molar-refractivity contribution in [1.29, 1.82) is 0 Å². The summed E-state index contributed by atoms with van der Waals surface area (Å²) < 4.78 is 1.09. The van der Waals surface area contributed by atoms with Gasteiger partial charge in [-0.1, -0.05) is 0 Å². The van der Waals surface area contributed by atoms with Gasteiger partial charge in [0.1, 0.15) is 0 Å². The Kier molecular flexibility index (Phi) is 3.06. The van der Waals surface area contributed by atoms with Gasteiger partial charge in [-0.2, -0.15) is 15.0 Å². The van der Waals surface area contributed by atoms with E-state index in [0.29, 0.717) is 0 Å². The van der Waals surface area contributed by atoms with Gasteiger partial charge in [-0.25, -0.2) is 0 Å². The quantitative estimate of drug-likeness (QED) is 0.535. The lowest BCUT2D eigenvalue weighted by Crippen LogP contribution is -2.21. The Balaban J connectivity index is 2.40. The Labute approximate surface area is 105 Å². The molecule has 2 rings (SSSR count). The van der Waals surface area contributed by atoms with Crippen LogP contribution in [0.25, 0.3) is 0 Å². The number of nitrogens with zero attached hydrogens (tertiary/aromatic N) is 5. The van der Waals surface area contributed by atoms with Crippen molar-refractivity contribution in [3.05, 3.63) is 44.6 Å². The number of rotatable bonds is 3. The van der Waals surface area contributed by atoms with Crippen molar-refractivity contribution in [3.63, 3.8) is 0 Å². The van der Waals surface area contributed by atoms with Crippen LogP contribution in [0.5, 0.6) is 0 Å². The first kappa shape index (κ1) is 12.4. The third-order valence-electron chi connectivity index (χ3n) is 2.21. The van der Waals surface area contributed by atoms with E-state index in [4.69, 9.17) is 11.5 Å². The van der Waals surface area contributed by atoms with E-state index in [1.54, 1.807) is 0 Å². The molecule has 10 heteroatoms. The van der Waals surface area contributed by atoms with Gasteiger partial charge in [0.2, 0.25) is 11.9 Å². The molecule has 4 N–H and O–H groups in total. The topological polar surface area (TPSA) is 156 Å². The van der Waals surface area contributed by atoms with Crippen LogP contribution in [0.2, 0.25) is 0 Å². The number of nitrogen functional groups attached to an aromatic ring is 2. The lowest BCUT2D eigenvalue weighted by molar-refractivity contribution is -0.385. The number of nitro groups is 1. The Hall–Kier alpha value is -3.04. The van der Waals surface area contributed by atoms with E-state index >= 15 is 0 Å². The molecule has 0 aromatic carbocycles. The first-order valence-electron chi connectivity index (χ1n) is 5.06. The molecule has 19 heavy (non-hydrogen) atoms. The highest BCUT2D eigenvalue weighted by Crippen LogP contribution is 2.07. The highest BCUT2D eigenvalue weighted by Gasteiger charge is 2.10.